The summed E-state index contributed by atoms with van der Waals surface area (Å²) >= 11 is 0. The number of hydrazine groups is 1. The fourth-order valence-electron chi connectivity index (χ4n) is 12.1. The second-order valence-electron chi connectivity index (χ2n) is 26.5. The van der Waals surface area contributed by atoms with Crippen LogP contribution in [0.25, 0.3) is 10.8 Å². The zero-order valence-corrected chi connectivity index (χ0v) is 61.3. The van der Waals surface area contributed by atoms with E-state index >= 15 is 0 Å². The molecule has 16 nitrogen and oxygen atoms in total. The number of imide groups is 1. The molecule has 16 heteroatoms. The number of carbonyl (C=O) groups is 2. The molecule has 544 valence electrons. The average Bonchev–Trinajstić information content (AvgIpc) is 1.63. The number of aromatic amines is 2. The number of benzene rings is 2. The van der Waals surface area contributed by atoms with Gasteiger partial charge < -0.3 is 34.2 Å². The van der Waals surface area contributed by atoms with Crippen molar-refractivity contribution in [2.45, 2.75) is 349 Å². The number of ether oxygens (including phenoxy) is 6. The molecule has 6 atom stereocenters. The Morgan fingerprint density at radius 1 is 0.340 bits per heavy atom. The van der Waals surface area contributed by atoms with E-state index in [4.69, 9.17) is 34.2 Å². The van der Waals surface area contributed by atoms with Crippen LogP contribution in [-0.4, -0.2) is 116 Å². The van der Waals surface area contributed by atoms with E-state index in [1.807, 2.05) is 6.92 Å². The van der Waals surface area contributed by atoms with E-state index in [9.17, 15) is 19.2 Å². The van der Waals surface area contributed by atoms with Gasteiger partial charge in [-0.05, 0) is 103 Å². The van der Waals surface area contributed by atoms with Crippen LogP contribution in [0.2, 0.25) is 0 Å². The van der Waals surface area contributed by atoms with Gasteiger partial charge in [-0.3, -0.25) is 46.0 Å². The molecule has 1 aromatic heterocycles. The molecule has 0 fully saturated rings. The van der Waals surface area contributed by atoms with Crippen molar-refractivity contribution in [1.82, 2.24) is 15.1 Å². The van der Waals surface area contributed by atoms with Gasteiger partial charge in [-0.15, -0.1) is 0 Å². The van der Waals surface area contributed by atoms with Crippen molar-refractivity contribution >= 4 is 22.6 Å². The lowest BCUT2D eigenvalue weighted by molar-refractivity contribution is -0.0435. The van der Waals surface area contributed by atoms with Crippen LogP contribution in [0.3, 0.4) is 0 Å². The van der Waals surface area contributed by atoms with Crippen molar-refractivity contribution in [3.63, 3.8) is 0 Å². The summed E-state index contributed by atoms with van der Waals surface area (Å²) in [5.74, 6) is 7.53. The third-order valence-electron chi connectivity index (χ3n) is 17.7. The Kier molecular flexibility index (Phi) is 58.8. The number of nitrogens with zero attached hydrogens (tertiary/aromatic N) is 1. The zero-order chi connectivity index (χ0) is 68.9. The number of amides is 2. The summed E-state index contributed by atoms with van der Waals surface area (Å²) in [6.45, 7) is 22.5. The lowest BCUT2D eigenvalue weighted by Crippen LogP contribution is -2.34. The van der Waals surface area contributed by atoms with Gasteiger partial charge in [-0.1, -0.05) is 257 Å². The molecule has 2 heterocycles. The van der Waals surface area contributed by atoms with E-state index in [1.165, 1.54) is 204 Å². The Hall–Kier alpha value is -3.84. The lowest BCUT2D eigenvalue weighted by Gasteiger charge is -2.25. The van der Waals surface area contributed by atoms with Gasteiger partial charge in [0, 0.05) is 33.0 Å². The predicted molar refractivity (Wildman–Crippen MR) is 393 cm³/mol. The number of hydrogen-bond donors (Lipinski definition) is 5. The summed E-state index contributed by atoms with van der Waals surface area (Å²) in [5, 5.41) is 5.33. The fraction of sp³-hybridized carbons (Fsp3) is 0.795. The maximum atomic E-state index is 12.6. The van der Waals surface area contributed by atoms with E-state index in [-0.39, 0.29) is 66.1 Å². The molecule has 4 rings (SSSR count). The van der Waals surface area contributed by atoms with Crippen molar-refractivity contribution in [2.75, 3.05) is 52.7 Å². The molecular weight excluding hydrogens is 1180 g/mol. The van der Waals surface area contributed by atoms with Gasteiger partial charge in [-0.25, -0.2) is 0 Å². The molecule has 94 heavy (non-hydrogen) atoms. The molecule has 2 amide bonds. The number of carbonyl (C=O) groups excluding carboxylic acids is 2. The molecule has 0 bridgehead atoms. The van der Waals surface area contributed by atoms with Gasteiger partial charge in [0.2, 0.25) is 0 Å². The highest BCUT2D eigenvalue weighted by molar-refractivity contribution is 6.21. The predicted octanol–water partition coefficient (Wildman–Crippen LogP) is 18.3. The quantitative estimate of drug-likeness (QED) is 0.0153. The number of aromatic nitrogens is 2. The minimum Gasteiger partial charge on any atom is -0.378 e. The second-order valence-corrected chi connectivity index (χ2v) is 26.5. The van der Waals surface area contributed by atoms with Crippen LogP contribution in [0.5, 0.6) is 0 Å². The molecule has 0 aliphatic carbocycles. The Morgan fingerprint density at radius 3 is 0.894 bits per heavy atom. The van der Waals surface area contributed by atoms with Crippen molar-refractivity contribution in [3.8, 4) is 0 Å². The zero-order valence-electron chi connectivity index (χ0n) is 61.3. The standard InChI is InChI=1S/C39H67NO5.C31H65NO3.C8H6N2O2.H4N2/c1-5-7-9-10-11-12-13-14-15-16-17-18-19-20-21-24-29-43-33(3)31-35(45-28-8-6-2)32-34(4)44-30-27-40-38(41)36-25-22-23-26-37(36)39(40)42;1-5-7-9-10-11-12-13-14-15-16-17-18-19-20-21-22-25-33-29(3)27-31(35-24-8-6-2)28-30(4)34-26-23-32;11-7-5-3-1-2-4-6(5)8(12)10-9-7;1-2/h22-23,25-26,33-35H,5-21,24,27-32H2,1-4H3;29-31H,5-28,32H2,1-4H3;1-4H,(H,9,11)(H,10,12);1-2H2. The highest BCUT2D eigenvalue weighted by Crippen LogP contribution is 2.24. The first-order valence-corrected chi connectivity index (χ1v) is 38.3. The van der Waals surface area contributed by atoms with Crippen LogP contribution in [0.4, 0.5) is 0 Å². The van der Waals surface area contributed by atoms with Gasteiger partial charge in [0.25, 0.3) is 22.9 Å². The highest BCUT2D eigenvalue weighted by atomic mass is 16.5. The molecular formula is C78H142N6O10. The Labute approximate surface area is 572 Å². The molecule has 1 aliphatic rings. The minimum absolute atomic E-state index is 0.0423. The maximum Gasteiger partial charge on any atom is 0.270 e. The summed E-state index contributed by atoms with van der Waals surface area (Å²) < 4.78 is 36.5. The van der Waals surface area contributed by atoms with Crippen LogP contribution in [-0.2, 0) is 28.4 Å². The van der Waals surface area contributed by atoms with Gasteiger partial charge in [0.15, 0.2) is 0 Å². The normalized spacial score (nSPS) is 13.9. The van der Waals surface area contributed by atoms with Crippen LogP contribution >= 0.6 is 0 Å². The number of hydrogen-bond acceptors (Lipinski definition) is 13. The molecule has 6 unspecified atom stereocenters. The molecule has 0 saturated heterocycles. The molecule has 3 aromatic rings. The average molecular weight is 1320 g/mol. The first kappa shape index (κ1) is 88.2. The summed E-state index contributed by atoms with van der Waals surface area (Å²) in [4.78, 5) is 48.7. The van der Waals surface area contributed by atoms with Crippen molar-refractivity contribution in [2.24, 2.45) is 17.4 Å². The van der Waals surface area contributed by atoms with E-state index < -0.39 is 0 Å². The molecule has 1 aliphatic heterocycles. The third kappa shape index (κ3) is 45.6. The summed E-state index contributed by atoms with van der Waals surface area (Å²) in [7, 11) is 0. The topological polar surface area (TPSA) is 237 Å². The van der Waals surface area contributed by atoms with Crippen molar-refractivity contribution in [1.29, 1.82) is 0 Å². The number of rotatable bonds is 59. The summed E-state index contributed by atoms with van der Waals surface area (Å²) in [5.41, 5.74) is 5.98. The monoisotopic (exact) mass is 1320 g/mol. The SMILES string of the molecule is CCCCCCCCCCCCCCCCCCOC(C)CC(CC(C)OCCN)OCCCC.CCCCCCCCCCCCCCCCCCOC(C)CC(CC(C)OCCN1C(=O)c2ccccc2C1=O)OCCCC.NN.O=c1[nH][nH]c(=O)c2ccccc12. The Bertz CT molecular complexity index is 2230. The third-order valence-corrected chi connectivity index (χ3v) is 17.7. The van der Waals surface area contributed by atoms with Gasteiger partial charge >= 0.3 is 0 Å². The lowest BCUT2D eigenvalue weighted by atomic mass is 10.0. The van der Waals surface area contributed by atoms with Gasteiger partial charge in [0.1, 0.15) is 0 Å². The number of nitrogens with two attached hydrogens (primary N) is 3. The first-order valence-electron chi connectivity index (χ1n) is 38.3. The van der Waals surface area contributed by atoms with Gasteiger partial charge in [0.05, 0.1) is 78.3 Å². The first-order chi connectivity index (χ1) is 45.9. The number of H-pyrrole nitrogens is 2. The van der Waals surface area contributed by atoms with E-state index in [0.29, 0.717) is 41.7 Å². The maximum absolute atomic E-state index is 12.6. The highest BCUT2D eigenvalue weighted by Gasteiger charge is 2.35. The summed E-state index contributed by atoms with van der Waals surface area (Å²) in [6, 6.07) is 13.7. The molecule has 2 aromatic carbocycles. The Morgan fingerprint density at radius 2 is 0.596 bits per heavy atom. The molecule has 0 spiro atoms. The minimum atomic E-state index is -0.273. The molecule has 0 saturated carbocycles. The van der Waals surface area contributed by atoms with E-state index in [2.05, 4.69) is 70.3 Å². The van der Waals surface area contributed by atoms with Crippen LogP contribution in [0.15, 0.2) is 58.1 Å². The molecule has 8 N–H and O–H groups in total. The largest absolute Gasteiger partial charge is 0.378 e. The number of fused-ring (bicyclic) bond motifs is 2. The van der Waals surface area contributed by atoms with Crippen LogP contribution in [0.1, 0.15) is 333 Å². The van der Waals surface area contributed by atoms with Crippen LogP contribution < -0.4 is 28.5 Å². The number of unbranched alkanes of at least 4 members (excludes halogenated alkanes) is 32. The second kappa shape index (κ2) is 62.7. The van der Waals surface area contributed by atoms with Crippen molar-refractivity contribution in [3.05, 3.63) is 80.4 Å². The van der Waals surface area contributed by atoms with E-state index in [1.54, 1.807) is 48.5 Å². The van der Waals surface area contributed by atoms with Gasteiger partial charge in [-0.2, -0.15) is 0 Å². The molecule has 0 radical (unpaired) electrons. The number of nitrogens with one attached hydrogen (secondary N) is 2. The fourth-order valence-corrected chi connectivity index (χ4v) is 12.1. The van der Waals surface area contributed by atoms with Crippen molar-refractivity contribution < 1.29 is 38.0 Å². The van der Waals surface area contributed by atoms with E-state index in [0.717, 1.165) is 84.2 Å². The smallest absolute Gasteiger partial charge is 0.270 e. The Balaban J connectivity index is 0.000000792. The van der Waals surface area contributed by atoms with Crippen LogP contribution in [0, 0.1) is 0 Å². The summed E-state index contributed by atoms with van der Waals surface area (Å²) in [6.07, 6.45) is 53.1.